The normalized spacial score (nSPS) is 22.1. The zero-order chi connectivity index (χ0) is 17.9. The highest BCUT2D eigenvalue weighted by molar-refractivity contribution is 6.12. The average molecular weight is 351 g/mol. The Morgan fingerprint density at radius 2 is 1.73 bits per heavy atom. The van der Waals surface area contributed by atoms with Crippen molar-refractivity contribution >= 4 is 11.6 Å². The van der Waals surface area contributed by atoms with Gasteiger partial charge in [-0.3, -0.25) is 4.79 Å². The van der Waals surface area contributed by atoms with Crippen LogP contribution in [0.15, 0.2) is 36.4 Å². The smallest absolute Gasteiger partial charge is 0.246 e. The van der Waals surface area contributed by atoms with Gasteiger partial charge in [-0.05, 0) is 30.5 Å². The standard InChI is InChI=1S/C21H21NO4/c1-3-13(4-2)22-16-8-6-5-7-14(16)21(20(22)23)11-24-17-10-19-18(9-15(17)21)25-12-26-19/h5-10,13H,3-4,11-12H2,1-2H3. The summed E-state index contributed by atoms with van der Waals surface area (Å²) in [5.41, 5.74) is 2.11. The molecule has 3 aliphatic heterocycles. The molecule has 0 N–H and O–H groups in total. The number of fused-ring (bicyclic) bond motifs is 5. The summed E-state index contributed by atoms with van der Waals surface area (Å²) < 4.78 is 17.0. The Labute approximate surface area is 152 Å². The SMILES string of the molecule is CCC(CC)N1C(=O)C2(COc3cc4c(cc32)OCO4)c2ccccc21. The van der Waals surface area contributed by atoms with Crippen LogP contribution in [-0.2, 0) is 10.2 Å². The lowest BCUT2D eigenvalue weighted by Gasteiger charge is -2.29. The zero-order valence-corrected chi connectivity index (χ0v) is 15.0. The summed E-state index contributed by atoms with van der Waals surface area (Å²) in [6.45, 7) is 4.78. The fourth-order valence-corrected chi connectivity index (χ4v) is 4.53. The fourth-order valence-electron chi connectivity index (χ4n) is 4.53. The molecule has 2 aromatic carbocycles. The third kappa shape index (κ3) is 1.78. The lowest BCUT2D eigenvalue weighted by Crippen LogP contribution is -2.46. The molecule has 0 bridgehead atoms. The molecule has 0 aliphatic carbocycles. The van der Waals surface area contributed by atoms with E-state index >= 15 is 0 Å². The van der Waals surface area contributed by atoms with Gasteiger partial charge in [0.15, 0.2) is 11.5 Å². The average Bonchev–Trinajstić information content (AvgIpc) is 3.33. The van der Waals surface area contributed by atoms with Gasteiger partial charge in [-0.25, -0.2) is 0 Å². The second-order valence-electron chi connectivity index (χ2n) is 7.06. The van der Waals surface area contributed by atoms with Crippen molar-refractivity contribution in [3.63, 3.8) is 0 Å². The van der Waals surface area contributed by atoms with Gasteiger partial charge in [0.05, 0.1) is 0 Å². The van der Waals surface area contributed by atoms with Gasteiger partial charge < -0.3 is 19.1 Å². The van der Waals surface area contributed by atoms with Gasteiger partial charge in [-0.1, -0.05) is 32.0 Å². The van der Waals surface area contributed by atoms with E-state index in [-0.39, 0.29) is 18.7 Å². The minimum Gasteiger partial charge on any atom is -0.491 e. The molecule has 0 aromatic heterocycles. The number of anilines is 1. The molecule has 1 amide bonds. The number of nitrogens with zero attached hydrogens (tertiary/aromatic N) is 1. The predicted molar refractivity (Wildman–Crippen MR) is 97.1 cm³/mol. The summed E-state index contributed by atoms with van der Waals surface area (Å²) in [5, 5.41) is 0. The summed E-state index contributed by atoms with van der Waals surface area (Å²) in [5.74, 6) is 2.17. The summed E-state index contributed by atoms with van der Waals surface area (Å²) in [4.78, 5) is 15.8. The van der Waals surface area contributed by atoms with Gasteiger partial charge in [-0.2, -0.15) is 0 Å². The maximum absolute atomic E-state index is 13.8. The van der Waals surface area contributed by atoms with E-state index in [2.05, 4.69) is 19.9 Å². The van der Waals surface area contributed by atoms with Crippen LogP contribution in [0.4, 0.5) is 5.69 Å². The first-order valence-electron chi connectivity index (χ1n) is 9.20. The molecule has 0 saturated heterocycles. The van der Waals surface area contributed by atoms with Crippen molar-refractivity contribution in [2.75, 3.05) is 18.3 Å². The number of carbonyl (C=O) groups excluding carboxylic acids is 1. The second-order valence-corrected chi connectivity index (χ2v) is 7.06. The zero-order valence-electron chi connectivity index (χ0n) is 15.0. The van der Waals surface area contributed by atoms with Gasteiger partial charge in [0.25, 0.3) is 0 Å². The minimum atomic E-state index is -0.796. The summed E-state index contributed by atoms with van der Waals surface area (Å²) in [7, 11) is 0. The number of carbonyl (C=O) groups is 1. The lowest BCUT2D eigenvalue weighted by atomic mass is 9.77. The number of rotatable bonds is 3. The van der Waals surface area contributed by atoms with Crippen molar-refractivity contribution in [2.24, 2.45) is 0 Å². The molecule has 0 fully saturated rings. The van der Waals surface area contributed by atoms with Gasteiger partial charge >= 0.3 is 0 Å². The van der Waals surface area contributed by atoms with Crippen molar-refractivity contribution in [1.29, 1.82) is 0 Å². The van der Waals surface area contributed by atoms with E-state index in [1.165, 1.54) is 0 Å². The van der Waals surface area contributed by atoms with Gasteiger partial charge in [-0.15, -0.1) is 0 Å². The Morgan fingerprint density at radius 1 is 1.00 bits per heavy atom. The number of ether oxygens (including phenoxy) is 3. The number of benzene rings is 2. The highest BCUT2D eigenvalue weighted by Crippen LogP contribution is 2.55. The van der Waals surface area contributed by atoms with E-state index < -0.39 is 5.41 Å². The van der Waals surface area contributed by atoms with Crippen molar-refractivity contribution in [2.45, 2.75) is 38.1 Å². The summed E-state index contributed by atoms with van der Waals surface area (Å²) in [6, 6.07) is 12.1. The molecule has 3 heterocycles. The largest absolute Gasteiger partial charge is 0.491 e. The van der Waals surface area contributed by atoms with Crippen LogP contribution >= 0.6 is 0 Å². The Hall–Kier alpha value is -2.69. The van der Waals surface area contributed by atoms with Crippen LogP contribution in [0, 0.1) is 0 Å². The quantitative estimate of drug-likeness (QED) is 0.847. The minimum absolute atomic E-state index is 0.102. The Balaban J connectivity index is 1.73. The summed E-state index contributed by atoms with van der Waals surface area (Å²) in [6.07, 6.45) is 1.84. The van der Waals surface area contributed by atoms with Crippen LogP contribution < -0.4 is 19.1 Å². The molecule has 5 nitrogen and oxygen atoms in total. The molecule has 0 saturated carbocycles. The van der Waals surface area contributed by atoms with Crippen LogP contribution in [0.25, 0.3) is 0 Å². The van der Waals surface area contributed by atoms with E-state index in [1.807, 2.05) is 35.2 Å². The summed E-state index contributed by atoms with van der Waals surface area (Å²) >= 11 is 0. The van der Waals surface area contributed by atoms with Crippen LogP contribution in [0.2, 0.25) is 0 Å². The first-order valence-corrected chi connectivity index (χ1v) is 9.20. The van der Waals surface area contributed by atoms with Gasteiger partial charge in [0.1, 0.15) is 17.8 Å². The Morgan fingerprint density at radius 3 is 2.50 bits per heavy atom. The molecule has 1 spiro atoms. The van der Waals surface area contributed by atoms with Gasteiger partial charge in [0.2, 0.25) is 12.7 Å². The molecule has 1 unspecified atom stereocenters. The lowest BCUT2D eigenvalue weighted by molar-refractivity contribution is -0.122. The number of amides is 1. The maximum atomic E-state index is 13.8. The molecule has 0 radical (unpaired) electrons. The second kappa shape index (κ2) is 5.40. The molecule has 26 heavy (non-hydrogen) atoms. The molecule has 2 aromatic rings. The first kappa shape index (κ1) is 15.6. The number of hydrogen-bond acceptors (Lipinski definition) is 4. The van der Waals surface area contributed by atoms with Crippen LogP contribution in [0.3, 0.4) is 0 Å². The molecule has 5 heteroatoms. The first-order chi connectivity index (χ1) is 12.7. The monoisotopic (exact) mass is 351 g/mol. The van der Waals surface area contributed by atoms with Crippen molar-refractivity contribution in [3.05, 3.63) is 47.5 Å². The third-order valence-electron chi connectivity index (χ3n) is 5.89. The molecular formula is C21H21NO4. The molecular weight excluding hydrogens is 330 g/mol. The van der Waals surface area contributed by atoms with E-state index in [4.69, 9.17) is 14.2 Å². The maximum Gasteiger partial charge on any atom is 0.246 e. The highest BCUT2D eigenvalue weighted by Gasteiger charge is 2.58. The van der Waals surface area contributed by atoms with Crippen molar-refractivity contribution in [1.82, 2.24) is 0 Å². The topological polar surface area (TPSA) is 48.0 Å². The predicted octanol–water partition coefficient (Wildman–Crippen LogP) is 3.63. The molecule has 5 rings (SSSR count). The third-order valence-corrected chi connectivity index (χ3v) is 5.89. The fraction of sp³-hybridized carbons (Fsp3) is 0.381. The molecule has 134 valence electrons. The highest BCUT2D eigenvalue weighted by atomic mass is 16.7. The van der Waals surface area contributed by atoms with E-state index in [9.17, 15) is 4.79 Å². The van der Waals surface area contributed by atoms with Crippen molar-refractivity contribution < 1.29 is 19.0 Å². The van der Waals surface area contributed by atoms with E-state index in [0.717, 1.165) is 29.7 Å². The van der Waals surface area contributed by atoms with Crippen LogP contribution in [0.1, 0.15) is 37.8 Å². The van der Waals surface area contributed by atoms with E-state index in [0.29, 0.717) is 23.9 Å². The van der Waals surface area contributed by atoms with Crippen LogP contribution in [-0.4, -0.2) is 25.3 Å². The number of para-hydroxylation sites is 1. The van der Waals surface area contributed by atoms with Crippen molar-refractivity contribution in [3.8, 4) is 17.2 Å². The number of hydrogen-bond donors (Lipinski definition) is 0. The van der Waals surface area contributed by atoms with Gasteiger partial charge in [0, 0.05) is 23.4 Å². The Bertz CT molecular complexity index is 905. The van der Waals surface area contributed by atoms with E-state index in [1.54, 1.807) is 0 Å². The molecule has 3 aliphatic rings. The van der Waals surface area contributed by atoms with Crippen LogP contribution in [0.5, 0.6) is 17.2 Å². The molecule has 1 atom stereocenters. The Kier molecular flexibility index (Phi) is 3.23.